The van der Waals surface area contributed by atoms with Crippen molar-refractivity contribution in [3.63, 3.8) is 0 Å². The second kappa shape index (κ2) is 4.64. The standard InChI is InChI=1S/C12H16BrN3O/c1-12(11(17)14-2)3-4-16(8-12)10-5-9(13)6-15-7-10/h5-7H,3-4,8H2,1-2H3,(H,14,17). The maximum Gasteiger partial charge on any atom is 0.227 e. The Hall–Kier alpha value is -1.10. The molecule has 1 aliphatic rings. The van der Waals surface area contributed by atoms with E-state index in [4.69, 9.17) is 0 Å². The molecule has 0 bridgehead atoms. The van der Waals surface area contributed by atoms with Crippen LogP contribution >= 0.6 is 15.9 Å². The minimum Gasteiger partial charge on any atom is -0.369 e. The zero-order valence-corrected chi connectivity index (χ0v) is 11.6. The van der Waals surface area contributed by atoms with Crippen LogP contribution in [0.4, 0.5) is 5.69 Å². The van der Waals surface area contributed by atoms with Gasteiger partial charge in [-0.2, -0.15) is 0 Å². The Kier molecular flexibility index (Phi) is 3.38. The van der Waals surface area contributed by atoms with Crippen molar-refractivity contribution < 1.29 is 4.79 Å². The van der Waals surface area contributed by atoms with Crippen molar-refractivity contribution in [1.82, 2.24) is 10.3 Å². The number of hydrogen-bond acceptors (Lipinski definition) is 3. The van der Waals surface area contributed by atoms with Crippen LogP contribution in [0.5, 0.6) is 0 Å². The first-order valence-corrected chi connectivity index (χ1v) is 6.42. The van der Waals surface area contributed by atoms with Crippen LogP contribution in [-0.4, -0.2) is 31.0 Å². The SMILES string of the molecule is CNC(=O)C1(C)CCN(c2cncc(Br)c2)C1. The van der Waals surface area contributed by atoms with Gasteiger partial charge in [0.1, 0.15) is 0 Å². The van der Waals surface area contributed by atoms with E-state index in [1.54, 1.807) is 13.2 Å². The van der Waals surface area contributed by atoms with Gasteiger partial charge in [-0.1, -0.05) is 0 Å². The van der Waals surface area contributed by atoms with E-state index in [9.17, 15) is 4.79 Å². The molecule has 0 radical (unpaired) electrons. The number of aromatic nitrogens is 1. The van der Waals surface area contributed by atoms with Gasteiger partial charge in [-0.15, -0.1) is 0 Å². The maximum absolute atomic E-state index is 11.8. The zero-order valence-electron chi connectivity index (χ0n) is 10.0. The van der Waals surface area contributed by atoms with Crippen LogP contribution < -0.4 is 10.2 Å². The van der Waals surface area contributed by atoms with Crippen molar-refractivity contribution >= 4 is 27.5 Å². The number of nitrogens with zero attached hydrogens (tertiary/aromatic N) is 2. The molecule has 0 aliphatic carbocycles. The predicted molar refractivity (Wildman–Crippen MR) is 70.9 cm³/mol. The van der Waals surface area contributed by atoms with E-state index in [1.807, 2.05) is 19.2 Å². The Morgan fingerprint density at radius 2 is 2.35 bits per heavy atom. The van der Waals surface area contributed by atoms with Crippen LogP contribution in [0, 0.1) is 5.41 Å². The number of nitrogens with one attached hydrogen (secondary N) is 1. The molecular formula is C12H16BrN3O. The van der Waals surface area contributed by atoms with E-state index in [-0.39, 0.29) is 11.3 Å². The molecule has 1 N–H and O–H groups in total. The van der Waals surface area contributed by atoms with Crippen LogP contribution in [-0.2, 0) is 4.79 Å². The molecule has 5 heteroatoms. The summed E-state index contributed by atoms with van der Waals surface area (Å²) < 4.78 is 0.962. The summed E-state index contributed by atoms with van der Waals surface area (Å²) in [5.41, 5.74) is 0.767. The van der Waals surface area contributed by atoms with Gasteiger partial charge < -0.3 is 10.2 Å². The zero-order chi connectivity index (χ0) is 12.5. The molecule has 92 valence electrons. The lowest BCUT2D eigenvalue weighted by molar-refractivity contribution is -0.128. The molecule has 0 aromatic carbocycles. The summed E-state index contributed by atoms with van der Waals surface area (Å²) in [5, 5.41) is 2.74. The first-order chi connectivity index (χ1) is 8.05. The molecule has 1 fully saturated rings. The lowest BCUT2D eigenvalue weighted by Crippen LogP contribution is -2.39. The van der Waals surface area contributed by atoms with Crippen LogP contribution in [0.25, 0.3) is 0 Å². The summed E-state index contributed by atoms with van der Waals surface area (Å²) in [6.07, 6.45) is 4.47. The number of amides is 1. The number of hydrogen-bond donors (Lipinski definition) is 1. The maximum atomic E-state index is 11.8. The van der Waals surface area contributed by atoms with E-state index in [2.05, 4.69) is 31.1 Å². The van der Waals surface area contributed by atoms with Crippen LogP contribution in [0.2, 0.25) is 0 Å². The van der Waals surface area contributed by atoms with Crippen molar-refractivity contribution in [2.75, 3.05) is 25.0 Å². The predicted octanol–water partition coefficient (Wildman–Crippen LogP) is 1.81. The normalized spacial score (nSPS) is 23.8. The fraction of sp³-hybridized carbons (Fsp3) is 0.500. The lowest BCUT2D eigenvalue weighted by Gasteiger charge is -2.23. The van der Waals surface area contributed by atoms with Crippen molar-refractivity contribution in [2.45, 2.75) is 13.3 Å². The van der Waals surface area contributed by atoms with Gasteiger partial charge in [-0.25, -0.2) is 0 Å². The van der Waals surface area contributed by atoms with E-state index < -0.39 is 0 Å². The molecule has 2 rings (SSSR count). The Bertz CT molecular complexity index is 438. The minimum absolute atomic E-state index is 0.114. The average molecular weight is 298 g/mol. The molecule has 1 saturated heterocycles. The fourth-order valence-corrected chi connectivity index (χ4v) is 2.59. The Balaban J connectivity index is 2.15. The topological polar surface area (TPSA) is 45.2 Å². The summed E-state index contributed by atoms with van der Waals surface area (Å²) in [6, 6.07) is 2.03. The number of rotatable bonds is 2. The Morgan fingerprint density at radius 1 is 1.59 bits per heavy atom. The molecule has 2 heterocycles. The summed E-state index contributed by atoms with van der Waals surface area (Å²) in [4.78, 5) is 18.2. The molecule has 1 atom stereocenters. The number of pyridine rings is 1. The Morgan fingerprint density at radius 3 is 3.00 bits per heavy atom. The molecule has 4 nitrogen and oxygen atoms in total. The molecule has 0 saturated carbocycles. The molecular weight excluding hydrogens is 282 g/mol. The summed E-state index contributed by atoms with van der Waals surface area (Å²) >= 11 is 3.41. The highest BCUT2D eigenvalue weighted by Gasteiger charge is 2.39. The van der Waals surface area contributed by atoms with E-state index >= 15 is 0 Å². The summed E-state index contributed by atoms with van der Waals surface area (Å²) in [7, 11) is 1.69. The number of halogens is 1. The van der Waals surface area contributed by atoms with E-state index in [0.717, 1.165) is 29.7 Å². The molecule has 0 spiro atoms. The average Bonchev–Trinajstić information content (AvgIpc) is 2.72. The fourth-order valence-electron chi connectivity index (χ4n) is 2.24. The minimum atomic E-state index is -0.295. The smallest absolute Gasteiger partial charge is 0.227 e. The van der Waals surface area contributed by atoms with Gasteiger partial charge in [0.15, 0.2) is 0 Å². The van der Waals surface area contributed by atoms with E-state index in [0.29, 0.717) is 0 Å². The second-order valence-corrected chi connectivity index (χ2v) is 5.59. The largest absolute Gasteiger partial charge is 0.369 e. The van der Waals surface area contributed by atoms with Gasteiger partial charge in [-0.3, -0.25) is 9.78 Å². The van der Waals surface area contributed by atoms with Crippen LogP contribution in [0.3, 0.4) is 0 Å². The second-order valence-electron chi connectivity index (χ2n) is 4.67. The third-order valence-corrected chi connectivity index (χ3v) is 3.74. The van der Waals surface area contributed by atoms with Gasteiger partial charge in [0, 0.05) is 30.8 Å². The molecule has 1 unspecified atom stereocenters. The number of carbonyl (C=O) groups excluding carboxylic acids is 1. The number of anilines is 1. The van der Waals surface area contributed by atoms with Crippen LogP contribution in [0.1, 0.15) is 13.3 Å². The van der Waals surface area contributed by atoms with Gasteiger partial charge in [-0.05, 0) is 35.3 Å². The van der Waals surface area contributed by atoms with Crippen molar-refractivity contribution in [3.05, 3.63) is 22.9 Å². The summed E-state index contributed by atoms with van der Waals surface area (Å²) in [6.45, 7) is 3.64. The third-order valence-electron chi connectivity index (χ3n) is 3.30. The summed E-state index contributed by atoms with van der Waals surface area (Å²) in [5.74, 6) is 0.114. The van der Waals surface area contributed by atoms with E-state index in [1.165, 1.54) is 0 Å². The first kappa shape index (κ1) is 12.4. The molecule has 1 aromatic rings. The quantitative estimate of drug-likeness (QED) is 0.905. The first-order valence-electron chi connectivity index (χ1n) is 5.63. The van der Waals surface area contributed by atoms with Crippen LogP contribution in [0.15, 0.2) is 22.9 Å². The van der Waals surface area contributed by atoms with Gasteiger partial charge >= 0.3 is 0 Å². The molecule has 1 amide bonds. The van der Waals surface area contributed by atoms with Crippen molar-refractivity contribution in [3.8, 4) is 0 Å². The third kappa shape index (κ3) is 2.44. The van der Waals surface area contributed by atoms with Gasteiger partial charge in [0.05, 0.1) is 17.3 Å². The lowest BCUT2D eigenvalue weighted by atomic mass is 9.89. The highest BCUT2D eigenvalue weighted by Crippen LogP contribution is 2.33. The van der Waals surface area contributed by atoms with Crippen molar-refractivity contribution in [1.29, 1.82) is 0 Å². The highest BCUT2D eigenvalue weighted by molar-refractivity contribution is 9.10. The number of carbonyl (C=O) groups is 1. The molecule has 1 aliphatic heterocycles. The monoisotopic (exact) mass is 297 g/mol. The Labute approximate surface area is 110 Å². The highest BCUT2D eigenvalue weighted by atomic mass is 79.9. The molecule has 1 aromatic heterocycles. The van der Waals surface area contributed by atoms with Gasteiger partial charge in [0.25, 0.3) is 0 Å². The van der Waals surface area contributed by atoms with Gasteiger partial charge in [0.2, 0.25) is 5.91 Å². The van der Waals surface area contributed by atoms with Crippen molar-refractivity contribution in [2.24, 2.45) is 5.41 Å². The molecule has 17 heavy (non-hydrogen) atoms.